The van der Waals surface area contributed by atoms with Gasteiger partial charge in [-0.3, -0.25) is 4.98 Å². The van der Waals surface area contributed by atoms with E-state index in [9.17, 15) is 0 Å². The van der Waals surface area contributed by atoms with Gasteiger partial charge in [0.1, 0.15) is 0 Å². The first kappa shape index (κ1) is 7.00. The van der Waals surface area contributed by atoms with E-state index in [1.54, 1.807) is 6.20 Å². The lowest BCUT2D eigenvalue weighted by atomic mass is 10.1. The van der Waals surface area contributed by atoms with Crippen molar-refractivity contribution in [1.82, 2.24) is 4.98 Å². The number of rotatable bonds is 2. The molecule has 0 saturated carbocycles. The molecule has 52 valence electrons. The molecule has 1 nitrogen and oxygen atoms in total. The van der Waals surface area contributed by atoms with E-state index in [0.717, 1.165) is 5.69 Å². The molecule has 0 aliphatic rings. The zero-order valence-corrected chi connectivity index (χ0v) is 6.12. The molecule has 1 heterocycles. The van der Waals surface area contributed by atoms with Crippen LogP contribution in [0.4, 0.5) is 0 Å². The predicted molar refractivity (Wildman–Crippen MR) is 42.8 cm³/mol. The molecular weight excluding hydrogens is 122 g/mol. The second-order valence-corrected chi connectivity index (χ2v) is 2.28. The van der Waals surface area contributed by atoms with Crippen LogP contribution in [0.1, 0.15) is 18.5 Å². The smallest absolute Gasteiger partial charge is 0.0469 e. The molecule has 1 rings (SSSR count). The Labute approximate surface area is 61.4 Å². The lowest BCUT2D eigenvalue weighted by molar-refractivity contribution is 0.909. The highest BCUT2D eigenvalue weighted by Gasteiger charge is 1.98. The summed E-state index contributed by atoms with van der Waals surface area (Å²) in [5.41, 5.74) is 1.08. The average molecular weight is 133 g/mol. The molecule has 1 heteroatoms. The van der Waals surface area contributed by atoms with Crippen LogP contribution in [0.2, 0.25) is 0 Å². The lowest BCUT2D eigenvalue weighted by Gasteiger charge is -2.02. The first-order valence-corrected chi connectivity index (χ1v) is 3.38. The van der Waals surface area contributed by atoms with Crippen LogP contribution in [0.5, 0.6) is 0 Å². The molecule has 0 amide bonds. The van der Waals surface area contributed by atoms with Crippen LogP contribution >= 0.6 is 0 Å². The van der Waals surface area contributed by atoms with Crippen molar-refractivity contribution in [1.29, 1.82) is 0 Å². The molecule has 0 radical (unpaired) electrons. The summed E-state index contributed by atoms with van der Waals surface area (Å²) < 4.78 is 0. The van der Waals surface area contributed by atoms with E-state index >= 15 is 0 Å². The van der Waals surface area contributed by atoms with Gasteiger partial charge in [-0.25, -0.2) is 0 Å². The number of nitrogens with zero attached hydrogens (tertiary/aromatic N) is 1. The summed E-state index contributed by atoms with van der Waals surface area (Å²) in [6.07, 6.45) is 3.69. The van der Waals surface area contributed by atoms with Crippen molar-refractivity contribution < 1.29 is 0 Å². The van der Waals surface area contributed by atoms with Gasteiger partial charge in [-0.05, 0) is 12.1 Å². The summed E-state index contributed by atoms with van der Waals surface area (Å²) in [5, 5.41) is 0. The van der Waals surface area contributed by atoms with Crippen molar-refractivity contribution in [2.75, 3.05) is 0 Å². The van der Waals surface area contributed by atoms with Gasteiger partial charge in [0.15, 0.2) is 0 Å². The predicted octanol–water partition coefficient (Wildman–Crippen LogP) is 2.37. The first-order chi connectivity index (χ1) is 4.84. The van der Waals surface area contributed by atoms with Crippen molar-refractivity contribution in [2.45, 2.75) is 12.8 Å². The molecule has 0 fully saturated rings. The Hall–Kier alpha value is -1.11. The first-order valence-electron chi connectivity index (χ1n) is 3.38. The second kappa shape index (κ2) is 3.16. The highest BCUT2D eigenvalue weighted by atomic mass is 14.7. The minimum Gasteiger partial charge on any atom is -0.261 e. The molecule has 0 saturated heterocycles. The van der Waals surface area contributed by atoms with E-state index in [0.29, 0.717) is 5.92 Å². The Morgan fingerprint density at radius 3 is 2.90 bits per heavy atom. The SMILES string of the molecule is C=C[C@@H](C)c1ccccn1. The molecular formula is C9H11N. The highest BCUT2D eigenvalue weighted by molar-refractivity contribution is 5.12. The summed E-state index contributed by atoms with van der Waals surface area (Å²) >= 11 is 0. The van der Waals surface area contributed by atoms with Gasteiger partial charge in [-0.1, -0.05) is 19.1 Å². The molecule has 0 aromatic carbocycles. The van der Waals surface area contributed by atoms with Crippen molar-refractivity contribution in [3.05, 3.63) is 42.7 Å². The molecule has 0 N–H and O–H groups in total. The zero-order chi connectivity index (χ0) is 7.40. The average Bonchev–Trinajstić information content (AvgIpc) is 2.05. The van der Waals surface area contributed by atoms with Gasteiger partial charge in [0.25, 0.3) is 0 Å². The standard InChI is InChI=1S/C9H11N/c1-3-8(2)9-6-4-5-7-10-9/h3-8H,1H2,2H3/t8-/m1/s1. The molecule has 1 atom stereocenters. The van der Waals surface area contributed by atoms with Gasteiger partial charge in [0.2, 0.25) is 0 Å². The lowest BCUT2D eigenvalue weighted by Crippen LogP contribution is -1.90. The van der Waals surface area contributed by atoms with Gasteiger partial charge < -0.3 is 0 Å². The molecule has 1 aromatic heterocycles. The zero-order valence-electron chi connectivity index (χ0n) is 6.12. The second-order valence-electron chi connectivity index (χ2n) is 2.28. The van der Waals surface area contributed by atoms with Gasteiger partial charge in [0.05, 0.1) is 0 Å². The number of allylic oxidation sites excluding steroid dienone is 1. The summed E-state index contributed by atoms with van der Waals surface area (Å²) in [5.74, 6) is 0.362. The van der Waals surface area contributed by atoms with Crippen LogP contribution in [0.3, 0.4) is 0 Å². The quantitative estimate of drug-likeness (QED) is 0.564. The molecule has 0 aliphatic heterocycles. The van der Waals surface area contributed by atoms with Crippen molar-refractivity contribution >= 4 is 0 Å². The van der Waals surface area contributed by atoms with Crippen LogP contribution in [0.25, 0.3) is 0 Å². The Kier molecular flexibility index (Phi) is 2.21. The molecule has 0 unspecified atom stereocenters. The normalized spacial score (nSPS) is 12.5. The Morgan fingerprint density at radius 1 is 1.60 bits per heavy atom. The van der Waals surface area contributed by atoms with Gasteiger partial charge in [-0.15, -0.1) is 6.58 Å². The third-order valence-corrected chi connectivity index (χ3v) is 1.51. The van der Waals surface area contributed by atoms with E-state index in [1.807, 2.05) is 24.3 Å². The molecule has 0 spiro atoms. The third kappa shape index (κ3) is 1.44. The summed E-state index contributed by atoms with van der Waals surface area (Å²) in [7, 11) is 0. The van der Waals surface area contributed by atoms with Crippen LogP contribution in [-0.4, -0.2) is 4.98 Å². The monoisotopic (exact) mass is 133 g/mol. The Bertz CT molecular complexity index is 203. The number of pyridine rings is 1. The Morgan fingerprint density at radius 2 is 2.40 bits per heavy atom. The Balaban J connectivity index is 2.84. The van der Waals surface area contributed by atoms with E-state index in [1.165, 1.54) is 0 Å². The van der Waals surface area contributed by atoms with Crippen molar-refractivity contribution in [3.63, 3.8) is 0 Å². The minimum absolute atomic E-state index is 0.362. The highest BCUT2D eigenvalue weighted by Crippen LogP contribution is 2.10. The van der Waals surface area contributed by atoms with E-state index in [4.69, 9.17) is 0 Å². The number of hydrogen-bond acceptors (Lipinski definition) is 1. The van der Waals surface area contributed by atoms with Gasteiger partial charge >= 0.3 is 0 Å². The van der Waals surface area contributed by atoms with Crippen LogP contribution in [-0.2, 0) is 0 Å². The molecule has 10 heavy (non-hydrogen) atoms. The summed E-state index contributed by atoms with van der Waals surface area (Å²) in [6, 6.07) is 5.91. The van der Waals surface area contributed by atoms with Crippen LogP contribution in [0.15, 0.2) is 37.1 Å². The van der Waals surface area contributed by atoms with Gasteiger partial charge in [0, 0.05) is 17.8 Å². The van der Waals surface area contributed by atoms with Crippen LogP contribution < -0.4 is 0 Å². The maximum Gasteiger partial charge on any atom is 0.0469 e. The summed E-state index contributed by atoms with van der Waals surface area (Å²) in [6.45, 7) is 5.78. The van der Waals surface area contributed by atoms with Crippen molar-refractivity contribution in [2.24, 2.45) is 0 Å². The fraction of sp³-hybridized carbons (Fsp3) is 0.222. The minimum atomic E-state index is 0.362. The fourth-order valence-electron chi connectivity index (χ4n) is 0.766. The fourth-order valence-corrected chi connectivity index (χ4v) is 0.766. The maximum absolute atomic E-state index is 4.18. The maximum atomic E-state index is 4.18. The summed E-state index contributed by atoms with van der Waals surface area (Å²) in [4.78, 5) is 4.18. The number of aromatic nitrogens is 1. The topological polar surface area (TPSA) is 12.9 Å². The third-order valence-electron chi connectivity index (χ3n) is 1.51. The van der Waals surface area contributed by atoms with E-state index in [-0.39, 0.29) is 0 Å². The van der Waals surface area contributed by atoms with Crippen LogP contribution in [0, 0.1) is 0 Å². The molecule has 0 aliphatic carbocycles. The number of hydrogen-bond donors (Lipinski definition) is 0. The van der Waals surface area contributed by atoms with Gasteiger partial charge in [-0.2, -0.15) is 0 Å². The van der Waals surface area contributed by atoms with E-state index in [2.05, 4.69) is 18.5 Å². The molecule has 1 aromatic rings. The molecule has 0 bridgehead atoms. The van der Waals surface area contributed by atoms with Crippen molar-refractivity contribution in [3.8, 4) is 0 Å². The van der Waals surface area contributed by atoms with E-state index < -0.39 is 0 Å². The largest absolute Gasteiger partial charge is 0.261 e.